The second-order valence-electron chi connectivity index (χ2n) is 6.63. The van der Waals surface area contributed by atoms with Crippen LogP contribution in [0, 0.1) is 0 Å². The van der Waals surface area contributed by atoms with Crippen LogP contribution < -0.4 is 10.6 Å². The van der Waals surface area contributed by atoms with E-state index >= 15 is 0 Å². The standard InChI is InChI=1S/C16H26N2O/c1-15(2,3)18-11-14(19)17-12-16(4,5)13-9-7-6-8-10-13/h6-10,18H,11-12H2,1-5H3,(H,17,19). The quantitative estimate of drug-likeness (QED) is 0.856. The van der Waals surface area contributed by atoms with Gasteiger partial charge in [-0.15, -0.1) is 0 Å². The first-order chi connectivity index (χ1) is 8.71. The molecule has 0 spiro atoms. The van der Waals surface area contributed by atoms with Gasteiger partial charge in [0.15, 0.2) is 0 Å². The Morgan fingerprint density at radius 3 is 2.16 bits per heavy atom. The minimum atomic E-state index is -0.0569. The van der Waals surface area contributed by atoms with Crippen molar-refractivity contribution >= 4 is 5.91 Å². The van der Waals surface area contributed by atoms with Gasteiger partial charge in [-0.05, 0) is 26.3 Å². The summed E-state index contributed by atoms with van der Waals surface area (Å²) in [6, 6.07) is 10.3. The summed E-state index contributed by atoms with van der Waals surface area (Å²) in [4.78, 5) is 11.8. The molecule has 106 valence electrons. The Labute approximate surface area is 116 Å². The van der Waals surface area contributed by atoms with Crippen molar-refractivity contribution in [3.63, 3.8) is 0 Å². The third kappa shape index (κ3) is 5.88. The Morgan fingerprint density at radius 2 is 1.63 bits per heavy atom. The fourth-order valence-corrected chi connectivity index (χ4v) is 1.72. The molecule has 0 unspecified atom stereocenters. The number of carbonyl (C=O) groups is 1. The largest absolute Gasteiger partial charge is 0.354 e. The van der Waals surface area contributed by atoms with Crippen molar-refractivity contribution in [1.29, 1.82) is 0 Å². The summed E-state index contributed by atoms with van der Waals surface area (Å²) in [5.74, 6) is 0.0407. The molecule has 19 heavy (non-hydrogen) atoms. The predicted octanol–water partition coefficient (Wildman–Crippen LogP) is 2.47. The van der Waals surface area contributed by atoms with Crippen molar-refractivity contribution in [2.75, 3.05) is 13.1 Å². The maximum Gasteiger partial charge on any atom is 0.234 e. The molecule has 1 aromatic rings. The fourth-order valence-electron chi connectivity index (χ4n) is 1.72. The molecule has 0 radical (unpaired) electrons. The fraction of sp³-hybridized carbons (Fsp3) is 0.562. The van der Waals surface area contributed by atoms with Gasteiger partial charge in [0.1, 0.15) is 0 Å². The minimum absolute atomic E-state index is 0.0354. The van der Waals surface area contributed by atoms with E-state index in [0.717, 1.165) is 0 Å². The van der Waals surface area contributed by atoms with Crippen LogP contribution in [0.2, 0.25) is 0 Å². The highest BCUT2D eigenvalue weighted by molar-refractivity contribution is 5.78. The smallest absolute Gasteiger partial charge is 0.234 e. The van der Waals surface area contributed by atoms with Crippen LogP contribution in [0.1, 0.15) is 40.2 Å². The molecule has 0 aliphatic carbocycles. The van der Waals surface area contributed by atoms with Crippen LogP contribution in [0.5, 0.6) is 0 Å². The summed E-state index contributed by atoms with van der Waals surface area (Å²) >= 11 is 0. The zero-order valence-electron chi connectivity index (χ0n) is 12.7. The average Bonchev–Trinajstić information content (AvgIpc) is 2.34. The lowest BCUT2D eigenvalue weighted by Crippen LogP contribution is -2.45. The van der Waals surface area contributed by atoms with Crippen LogP contribution in [0.3, 0.4) is 0 Å². The molecule has 0 aromatic heterocycles. The molecule has 0 saturated carbocycles. The molecule has 1 aromatic carbocycles. The Balaban J connectivity index is 2.45. The Hall–Kier alpha value is -1.35. The van der Waals surface area contributed by atoms with Gasteiger partial charge in [0.25, 0.3) is 0 Å². The van der Waals surface area contributed by atoms with Crippen LogP contribution in [0.4, 0.5) is 0 Å². The van der Waals surface area contributed by atoms with E-state index in [1.807, 2.05) is 39.0 Å². The van der Waals surface area contributed by atoms with E-state index in [2.05, 4.69) is 36.6 Å². The SMILES string of the molecule is CC(C)(C)NCC(=O)NCC(C)(C)c1ccccc1. The number of hydrogen-bond acceptors (Lipinski definition) is 2. The second-order valence-corrected chi connectivity index (χ2v) is 6.63. The van der Waals surface area contributed by atoms with Crippen molar-refractivity contribution in [3.05, 3.63) is 35.9 Å². The number of carbonyl (C=O) groups excluding carboxylic acids is 1. The third-order valence-electron chi connectivity index (χ3n) is 3.06. The molecule has 0 heterocycles. The first kappa shape index (κ1) is 15.7. The van der Waals surface area contributed by atoms with Gasteiger partial charge in [-0.1, -0.05) is 44.2 Å². The van der Waals surface area contributed by atoms with Gasteiger partial charge in [0.05, 0.1) is 6.54 Å². The maximum atomic E-state index is 11.8. The zero-order valence-corrected chi connectivity index (χ0v) is 12.7. The number of rotatable bonds is 5. The summed E-state index contributed by atoms with van der Waals surface area (Å²) in [6.45, 7) is 11.4. The monoisotopic (exact) mass is 262 g/mol. The molecule has 1 amide bonds. The molecule has 0 saturated heterocycles. The van der Waals surface area contributed by atoms with E-state index in [1.54, 1.807) is 0 Å². The van der Waals surface area contributed by atoms with Crippen LogP contribution in [0.15, 0.2) is 30.3 Å². The van der Waals surface area contributed by atoms with Crippen molar-refractivity contribution in [3.8, 4) is 0 Å². The highest BCUT2D eigenvalue weighted by Gasteiger charge is 2.21. The second kappa shape index (κ2) is 6.20. The van der Waals surface area contributed by atoms with Crippen LogP contribution in [0.25, 0.3) is 0 Å². The van der Waals surface area contributed by atoms with Crippen molar-refractivity contribution in [2.24, 2.45) is 0 Å². The van der Waals surface area contributed by atoms with E-state index < -0.39 is 0 Å². The van der Waals surface area contributed by atoms with Gasteiger partial charge in [0, 0.05) is 17.5 Å². The molecule has 0 aliphatic heterocycles. The molecule has 0 bridgehead atoms. The molecule has 2 N–H and O–H groups in total. The van der Waals surface area contributed by atoms with Gasteiger partial charge in [-0.25, -0.2) is 0 Å². The zero-order chi connectivity index (χ0) is 14.5. The van der Waals surface area contributed by atoms with Gasteiger partial charge < -0.3 is 10.6 Å². The Bertz CT molecular complexity index is 405. The van der Waals surface area contributed by atoms with Crippen molar-refractivity contribution < 1.29 is 4.79 Å². The lowest BCUT2D eigenvalue weighted by atomic mass is 9.84. The normalized spacial score (nSPS) is 12.3. The predicted molar refractivity (Wildman–Crippen MR) is 80.2 cm³/mol. The topological polar surface area (TPSA) is 41.1 Å². The Morgan fingerprint density at radius 1 is 1.05 bits per heavy atom. The molecule has 3 heteroatoms. The highest BCUT2D eigenvalue weighted by Crippen LogP contribution is 2.21. The van der Waals surface area contributed by atoms with Gasteiger partial charge in [-0.2, -0.15) is 0 Å². The van der Waals surface area contributed by atoms with Crippen LogP contribution in [-0.4, -0.2) is 24.5 Å². The first-order valence-electron chi connectivity index (χ1n) is 6.78. The molecular formula is C16H26N2O. The number of benzene rings is 1. The van der Waals surface area contributed by atoms with Crippen LogP contribution >= 0.6 is 0 Å². The van der Waals surface area contributed by atoms with Crippen molar-refractivity contribution in [2.45, 2.75) is 45.6 Å². The molecule has 0 fully saturated rings. The molecular weight excluding hydrogens is 236 g/mol. The molecule has 1 rings (SSSR count). The summed E-state index contributed by atoms with van der Waals surface area (Å²) in [7, 11) is 0. The highest BCUT2D eigenvalue weighted by atomic mass is 16.1. The van der Waals surface area contributed by atoms with E-state index in [9.17, 15) is 4.79 Å². The van der Waals surface area contributed by atoms with E-state index in [-0.39, 0.29) is 16.9 Å². The lowest BCUT2D eigenvalue weighted by molar-refractivity contribution is -0.120. The third-order valence-corrected chi connectivity index (χ3v) is 3.06. The maximum absolute atomic E-state index is 11.8. The number of nitrogens with one attached hydrogen (secondary N) is 2. The first-order valence-corrected chi connectivity index (χ1v) is 6.78. The van der Waals surface area contributed by atoms with E-state index in [0.29, 0.717) is 13.1 Å². The molecule has 3 nitrogen and oxygen atoms in total. The average molecular weight is 262 g/mol. The van der Waals surface area contributed by atoms with Gasteiger partial charge >= 0.3 is 0 Å². The molecule has 0 atom stereocenters. The summed E-state index contributed by atoms with van der Waals surface area (Å²) in [5, 5.41) is 6.18. The van der Waals surface area contributed by atoms with Crippen molar-refractivity contribution in [1.82, 2.24) is 10.6 Å². The van der Waals surface area contributed by atoms with E-state index in [4.69, 9.17) is 0 Å². The lowest BCUT2D eigenvalue weighted by Gasteiger charge is -2.26. The number of hydrogen-bond donors (Lipinski definition) is 2. The number of amides is 1. The summed E-state index contributed by atoms with van der Waals surface area (Å²) in [5.41, 5.74) is 1.14. The minimum Gasteiger partial charge on any atom is -0.354 e. The van der Waals surface area contributed by atoms with Gasteiger partial charge in [0.2, 0.25) is 5.91 Å². The summed E-state index contributed by atoms with van der Waals surface area (Å²) in [6.07, 6.45) is 0. The molecule has 0 aliphatic rings. The van der Waals surface area contributed by atoms with Crippen LogP contribution in [-0.2, 0) is 10.2 Å². The van der Waals surface area contributed by atoms with Gasteiger partial charge in [-0.3, -0.25) is 4.79 Å². The van der Waals surface area contributed by atoms with E-state index in [1.165, 1.54) is 5.56 Å². The Kier molecular flexibility index (Phi) is 5.12. The summed E-state index contributed by atoms with van der Waals surface area (Å²) < 4.78 is 0.